The van der Waals surface area contributed by atoms with E-state index < -0.39 is 16.0 Å². The molecule has 0 saturated heterocycles. The predicted octanol–water partition coefficient (Wildman–Crippen LogP) is 3.95. The van der Waals surface area contributed by atoms with E-state index in [0.717, 1.165) is 5.56 Å². The van der Waals surface area contributed by atoms with Gasteiger partial charge in [-0.05, 0) is 54.1 Å². The van der Waals surface area contributed by atoms with Crippen molar-refractivity contribution in [1.82, 2.24) is 9.97 Å². The summed E-state index contributed by atoms with van der Waals surface area (Å²) in [4.78, 5) is 20.8. The van der Waals surface area contributed by atoms with Crippen molar-refractivity contribution in [3.63, 3.8) is 0 Å². The molecule has 0 aliphatic rings. The van der Waals surface area contributed by atoms with Gasteiger partial charge in [0.15, 0.2) is 22.6 Å². The lowest BCUT2D eigenvalue weighted by Gasteiger charge is -2.26. The highest BCUT2D eigenvalue weighted by Crippen LogP contribution is 2.39. The van der Waals surface area contributed by atoms with Crippen molar-refractivity contribution < 1.29 is 27.9 Å². The molecule has 0 aliphatic carbocycles. The quantitative estimate of drug-likeness (QED) is 0.124. The van der Waals surface area contributed by atoms with Crippen LogP contribution in [0.3, 0.4) is 0 Å². The Kier molecular flexibility index (Phi) is 9.16. The van der Waals surface area contributed by atoms with Crippen LogP contribution in [0.25, 0.3) is 0 Å². The maximum absolute atomic E-state index is 11.4. The molecule has 1 aromatic heterocycles. The van der Waals surface area contributed by atoms with Crippen molar-refractivity contribution in [3.8, 4) is 17.2 Å². The zero-order valence-electron chi connectivity index (χ0n) is 22.2. The van der Waals surface area contributed by atoms with E-state index in [1.54, 1.807) is 42.6 Å². The minimum atomic E-state index is -2.12. The molecule has 41 heavy (non-hydrogen) atoms. The molecule has 1 heterocycles. The summed E-state index contributed by atoms with van der Waals surface area (Å²) in [5.74, 6) is 1.62. The fourth-order valence-electron chi connectivity index (χ4n) is 4.11. The van der Waals surface area contributed by atoms with Gasteiger partial charge >= 0.3 is 0 Å². The molecule has 0 radical (unpaired) electrons. The molecule has 214 valence electrons. The van der Waals surface area contributed by atoms with E-state index in [9.17, 15) is 18.9 Å². The highest BCUT2D eigenvalue weighted by Gasteiger charge is 2.18. The first-order valence-corrected chi connectivity index (χ1v) is 13.3. The van der Waals surface area contributed by atoms with Crippen LogP contribution in [0.4, 0.5) is 28.8 Å². The highest BCUT2D eigenvalue weighted by atomic mass is 32.2. The van der Waals surface area contributed by atoms with E-state index >= 15 is 0 Å². The van der Waals surface area contributed by atoms with Gasteiger partial charge in [-0.25, -0.2) is 9.19 Å². The number of hydrogen-bond donors (Lipinski definition) is 3. The van der Waals surface area contributed by atoms with Crippen LogP contribution < -0.4 is 30.6 Å². The summed E-state index contributed by atoms with van der Waals surface area (Å²) in [5.41, 5.74) is 14.4. The fourth-order valence-corrected chi connectivity index (χ4v) is 4.48. The monoisotopic (exact) mass is 580 g/mol. The average Bonchev–Trinajstić information content (AvgIpc) is 2.97. The lowest BCUT2D eigenvalue weighted by molar-refractivity contribution is -0.384. The van der Waals surface area contributed by atoms with Gasteiger partial charge in [-0.1, -0.05) is 0 Å². The number of methoxy groups -OCH3 is 2. The molecule has 0 bridgehead atoms. The summed E-state index contributed by atoms with van der Waals surface area (Å²) in [6.45, 7) is 0.474. The number of nitro groups is 1. The van der Waals surface area contributed by atoms with Crippen molar-refractivity contribution in [2.45, 2.75) is 11.3 Å². The van der Waals surface area contributed by atoms with E-state index in [1.807, 2.05) is 4.90 Å². The van der Waals surface area contributed by atoms with Gasteiger partial charge in [-0.15, -0.1) is 0 Å². The number of rotatable bonds is 12. The Balaban J connectivity index is 1.58. The lowest BCUT2D eigenvalue weighted by atomic mass is 10.1. The third-order valence-electron chi connectivity index (χ3n) is 6.12. The number of benzene rings is 3. The summed E-state index contributed by atoms with van der Waals surface area (Å²) in [7, 11) is 3.03. The smallest absolute Gasteiger partial charge is 0.269 e. The van der Waals surface area contributed by atoms with Crippen LogP contribution in [0.2, 0.25) is 0 Å². The molecule has 4 rings (SSSR count). The van der Waals surface area contributed by atoms with Crippen LogP contribution in [-0.2, 0) is 17.5 Å². The second kappa shape index (κ2) is 12.9. The number of aromatic nitrogens is 2. The van der Waals surface area contributed by atoms with E-state index in [-0.39, 0.29) is 29.0 Å². The molecular formula is C27H28N6O7S. The Morgan fingerprint density at radius 2 is 1.59 bits per heavy atom. The van der Waals surface area contributed by atoms with E-state index in [2.05, 4.69) is 9.97 Å². The van der Waals surface area contributed by atoms with Crippen molar-refractivity contribution in [1.29, 1.82) is 0 Å². The number of nitrogen functional groups attached to an aromatic ring is 2. The number of nitro benzene ring substituents is 1. The van der Waals surface area contributed by atoms with Crippen LogP contribution in [-0.4, -0.2) is 51.0 Å². The molecule has 14 heteroatoms. The Hall–Kier alpha value is -4.95. The standard InChI is InChI=1S/C27H28N6O7S/c1-38-23-14-17(13-18-16-30-27(29)31-26(18)28)15-24(39-2)25(23)40-12-11-32(19-3-5-21(6-4-19)33(34)35)20-7-9-22(10-8-20)41(36)37/h3-10,14-16H,11-13H2,1-2H3,(H,36,37)(H4,28,29,30,31). The third kappa shape index (κ3) is 6.98. The van der Waals surface area contributed by atoms with Gasteiger partial charge < -0.3 is 35.1 Å². The summed E-state index contributed by atoms with van der Waals surface area (Å²) in [5, 5.41) is 11.1. The fraction of sp³-hybridized carbons (Fsp3) is 0.185. The zero-order chi connectivity index (χ0) is 29.5. The molecule has 0 spiro atoms. The van der Waals surface area contributed by atoms with Crippen LogP contribution in [0.15, 0.2) is 71.8 Å². The van der Waals surface area contributed by atoms with E-state index in [0.29, 0.717) is 47.2 Å². The zero-order valence-corrected chi connectivity index (χ0v) is 23.0. The number of non-ortho nitro benzene ring substituents is 1. The molecule has 0 amide bonds. The van der Waals surface area contributed by atoms with E-state index in [4.69, 9.17) is 25.7 Å². The highest BCUT2D eigenvalue weighted by molar-refractivity contribution is 7.79. The second-order valence-corrected chi connectivity index (χ2v) is 9.63. The Labute approximate surface area is 238 Å². The maximum Gasteiger partial charge on any atom is 0.269 e. The lowest BCUT2D eigenvalue weighted by Crippen LogP contribution is -2.24. The minimum absolute atomic E-state index is 0.0437. The number of anilines is 4. The van der Waals surface area contributed by atoms with Crippen molar-refractivity contribution in [3.05, 3.63) is 88.1 Å². The molecule has 0 aliphatic heterocycles. The summed E-state index contributed by atoms with van der Waals surface area (Å²) >= 11 is -2.12. The maximum atomic E-state index is 11.4. The van der Waals surface area contributed by atoms with Gasteiger partial charge in [0, 0.05) is 41.7 Å². The Morgan fingerprint density at radius 1 is 1.00 bits per heavy atom. The molecular weight excluding hydrogens is 552 g/mol. The first-order chi connectivity index (χ1) is 19.7. The van der Waals surface area contributed by atoms with Crippen molar-refractivity contribution in [2.24, 2.45) is 0 Å². The van der Waals surface area contributed by atoms with Crippen LogP contribution in [0.1, 0.15) is 11.1 Å². The number of nitrogens with two attached hydrogens (primary N) is 2. The average molecular weight is 581 g/mol. The molecule has 0 fully saturated rings. The van der Waals surface area contributed by atoms with Gasteiger partial charge in [0.1, 0.15) is 12.4 Å². The summed E-state index contributed by atoms with van der Waals surface area (Å²) in [6, 6.07) is 16.1. The first-order valence-electron chi connectivity index (χ1n) is 12.2. The SMILES string of the molecule is COc1cc(Cc2cnc(N)nc2N)cc(OC)c1OCCN(c1ccc([N+](=O)[O-])cc1)c1ccc(S(=O)O)cc1. The topological polar surface area (TPSA) is 189 Å². The predicted molar refractivity (Wildman–Crippen MR) is 154 cm³/mol. The number of hydrogen-bond acceptors (Lipinski definition) is 11. The molecule has 1 unspecified atom stereocenters. The van der Waals surface area contributed by atoms with Crippen LogP contribution in [0.5, 0.6) is 17.2 Å². The van der Waals surface area contributed by atoms with Gasteiger partial charge in [-0.2, -0.15) is 4.98 Å². The number of ether oxygens (including phenoxy) is 3. The molecule has 1 atom stereocenters. The second-order valence-electron chi connectivity index (χ2n) is 8.66. The van der Waals surface area contributed by atoms with E-state index in [1.165, 1.54) is 38.5 Å². The Bertz CT molecular complexity index is 1470. The third-order valence-corrected chi connectivity index (χ3v) is 6.79. The van der Waals surface area contributed by atoms with Crippen LogP contribution >= 0.6 is 0 Å². The van der Waals surface area contributed by atoms with Gasteiger partial charge in [0.05, 0.1) is 30.6 Å². The summed E-state index contributed by atoms with van der Waals surface area (Å²) < 4.78 is 38.1. The Morgan fingerprint density at radius 3 is 2.10 bits per heavy atom. The minimum Gasteiger partial charge on any atom is -0.493 e. The number of nitrogens with zero attached hydrogens (tertiary/aromatic N) is 4. The molecule has 0 saturated carbocycles. The largest absolute Gasteiger partial charge is 0.493 e. The van der Waals surface area contributed by atoms with Crippen molar-refractivity contribution >= 4 is 39.9 Å². The van der Waals surface area contributed by atoms with Crippen LogP contribution in [0, 0.1) is 10.1 Å². The van der Waals surface area contributed by atoms with Gasteiger partial charge in [0.25, 0.3) is 5.69 Å². The molecule has 3 aromatic carbocycles. The normalized spacial score (nSPS) is 11.5. The summed E-state index contributed by atoms with van der Waals surface area (Å²) in [6.07, 6.45) is 1.97. The molecule has 4 aromatic rings. The van der Waals surface area contributed by atoms with Crippen molar-refractivity contribution in [2.75, 3.05) is 43.7 Å². The first kappa shape index (κ1) is 29.0. The van der Waals surface area contributed by atoms with Gasteiger partial charge in [-0.3, -0.25) is 10.1 Å². The van der Waals surface area contributed by atoms with Gasteiger partial charge in [0.2, 0.25) is 11.7 Å². The molecule has 13 nitrogen and oxygen atoms in total. The molecule has 5 N–H and O–H groups in total.